The average molecular weight is 235 g/mol. The second kappa shape index (κ2) is 4.25. The Balaban J connectivity index is 3.25. The van der Waals surface area contributed by atoms with Gasteiger partial charge in [0.05, 0.1) is 0 Å². The van der Waals surface area contributed by atoms with Crippen LogP contribution in [0.1, 0.15) is 12.5 Å². The minimum absolute atomic E-state index is 0.00319. The molecule has 0 unspecified atom stereocenters. The van der Waals surface area contributed by atoms with Crippen LogP contribution in [0.15, 0.2) is 17.2 Å². The van der Waals surface area contributed by atoms with Crippen LogP contribution in [-0.2, 0) is 10.0 Å². The molecular weight excluding hydrogens is 224 g/mol. The molecule has 0 aliphatic carbocycles. The van der Waals surface area contributed by atoms with E-state index in [0.717, 1.165) is 5.56 Å². The standard InChI is InChI=1S/C8H11ClN2O2S/c1-3-11-14(12,13)7-4-6(2)5-10-8(7)9/h4-5,11H,3H2,1-2H3. The molecule has 1 aromatic rings. The van der Waals surface area contributed by atoms with E-state index in [1.165, 1.54) is 12.3 Å². The average Bonchev–Trinajstić information content (AvgIpc) is 2.09. The van der Waals surface area contributed by atoms with Crippen LogP contribution in [0, 0.1) is 6.92 Å². The van der Waals surface area contributed by atoms with Crippen LogP contribution < -0.4 is 4.72 Å². The van der Waals surface area contributed by atoms with Gasteiger partial charge in [-0.25, -0.2) is 18.1 Å². The number of aromatic nitrogens is 1. The van der Waals surface area contributed by atoms with Crippen molar-refractivity contribution in [1.82, 2.24) is 9.71 Å². The van der Waals surface area contributed by atoms with E-state index >= 15 is 0 Å². The number of hydrogen-bond donors (Lipinski definition) is 1. The smallest absolute Gasteiger partial charge is 0.243 e. The molecule has 1 rings (SSSR count). The molecule has 0 bridgehead atoms. The van der Waals surface area contributed by atoms with E-state index in [-0.39, 0.29) is 10.0 Å². The summed E-state index contributed by atoms with van der Waals surface area (Å²) in [6.45, 7) is 3.79. The molecule has 14 heavy (non-hydrogen) atoms. The van der Waals surface area contributed by atoms with Crippen molar-refractivity contribution in [3.63, 3.8) is 0 Å². The van der Waals surface area contributed by atoms with Crippen molar-refractivity contribution in [2.24, 2.45) is 0 Å². The monoisotopic (exact) mass is 234 g/mol. The molecule has 0 fully saturated rings. The van der Waals surface area contributed by atoms with Gasteiger partial charge < -0.3 is 0 Å². The minimum Gasteiger partial charge on any atom is -0.243 e. The molecule has 0 saturated heterocycles. The molecule has 0 amide bonds. The zero-order valence-corrected chi connectivity index (χ0v) is 9.48. The van der Waals surface area contributed by atoms with Crippen molar-refractivity contribution in [3.05, 3.63) is 23.0 Å². The van der Waals surface area contributed by atoms with Crippen molar-refractivity contribution >= 4 is 21.6 Å². The van der Waals surface area contributed by atoms with Gasteiger partial charge in [-0.05, 0) is 18.6 Å². The number of rotatable bonds is 3. The largest absolute Gasteiger partial charge is 0.243 e. The van der Waals surface area contributed by atoms with Gasteiger partial charge in [0.2, 0.25) is 10.0 Å². The summed E-state index contributed by atoms with van der Waals surface area (Å²) in [5.41, 5.74) is 0.755. The van der Waals surface area contributed by atoms with Crippen molar-refractivity contribution in [3.8, 4) is 0 Å². The second-order valence-electron chi connectivity index (χ2n) is 2.80. The maximum Gasteiger partial charge on any atom is 0.243 e. The van der Waals surface area contributed by atoms with E-state index in [2.05, 4.69) is 9.71 Å². The Bertz CT molecular complexity index is 431. The van der Waals surface area contributed by atoms with E-state index in [4.69, 9.17) is 11.6 Å². The highest BCUT2D eigenvalue weighted by Gasteiger charge is 2.17. The van der Waals surface area contributed by atoms with Crippen LogP contribution in [-0.4, -0.2) is 19.9 Å². The van der Waals surface area contributed by atoms with E-state index in [1.54, 1.807) is 13.8 Å². The summed E-state index contributed by atoms with van der Waals surface area (Å²) < 4.78 is 25.5. The predicted octanol–water partition coefficient (Wildman–Crippen LogP) is 1.34. The molecule has 0 radical (unpaired) electrons. The quantitative estimate of drug-likeness (QED) is 0.803. The summed E-state index contributed by atoms with van der Waals surface area (Å²) in [5.74, 6) is 0. The number of sulfonamides is 1. The number of nitrogens with zero attached hydrogens (tertiary/aromatic N) is 1. The van der Waals surface area contributed by atoms with Crippen LogP contribution in [0.4, 0.5) is 0 Å². The number of hydrogen-bond acceptors (Lipinski definition) is 3. The van der Waals surface area contributed by atoms with Gasteiger partial charge in [-0.15, -0.1) is 0 Å². The third-order valence-corrected chi connectivity index (χ3v) is 3.54. The normalized spacial score (nSPS) is 11.6. The fraction of sp³-hybridized carbons (Fsp3) is 0.375. The van der Waals surface area contributed by atoms with Crippen LogP contribution in [0.3, 0.4) is 0 Å². The Hall–Kier alpha value is -0.650. The number of pyridine rings is 1. The van der Waals surface area contributed by atoms with E-state index in [1.807, 2.05) is 0 Å². The number of halogens is 1. The lowest BCUT2D eigenvalue weighted by molar-refractivity contribution is 0.583. The third-order valence-electron chi connectivity index (χ3n) is 1.57. The first-order valence-corrected chi connectivity index (χ1v) is 5.95. The first-order chi connectivity index (χ1) is 6.47. The lowest BCUT2D eigenvalue weighted by Crippen LogP contribution is -2.23. The summed E-state index contributed by atoms with van der Waals surface area (Å²) >= 11 is 5.69. The Morgan fingerprint density at radius 3 is 2.79 bits per heavy atom. The molecule has 0 aliphatic rings. The molecule has 0 saturated carbocycles. The van der Waals surface area contributed by atoms with Crippen LogP contribution in [0.2, 0.25) is 5.15 Å². The van der Waals surface area contributed by atoms with Crippen LogP contribution in [0.5, 0.6) is 0 Å². The summed E-state index contributed by atoms with van der Waals surface area (Å²) in [6.07, 6.45) is 1.52. The van der Waals surface area contributed by atoms with Crippen molar-refractivity contribution in [2.75, 3.05) is 6.54 Å². The van der Waals surface area contributed by atoms with Crippen molar-refractivity contribution < 1.29 is 8.42 Å². The lowest BCUT2D eigenvalue weighted by Gasteiger charge is -2.06. The lowest BCUT2D eigenvalue weighted by atomic mass is 10.3. The van der Waals surface area contributed by atoms with Crippen molar-refractivity contribution in [2.45, 2.75) is 18.7 Å². The molecule has 1 heterocycles. The van der Waals surface area contributed by atoms with E-state index < -0.39 is 10.0 Å². The molecule has 78 valence electrons. The van der Waals surface area contributed by atoms with Gasteiger partial charge in [0.1, 0.15) is 10.0 Å². The Kier molecular flexibility index (Phi) is 3.47. The molecule has 0 atom stereocenters. The highest BCUT2D eigenvalue weighted by molar-refractivity contribution is 7.89. The van der Waals surface area contributed by atoms with Crippen LogP contribution >= 0.6 is 11.6 Å². The minimum atomic E-state index is -3.51. The highest BCUT2D eigenvalue weighted by Crippen LogP contribution is 2.19. The SMILES string of the molecule is CCNS(=O)(=O)c1cc(C)cnc1Cl. The maximum atomic E-state index is 11.6. The second-order valence-corrected chi connectivity index (χ2v) is 4.90. The predicted molar refractivity (Wildman–Crippen MR) is 54.8 cm³/mol. The van der Waals surface area contributed by atoms with Gasteiger partial charge in [0.15, 0.2) is 0 Å². The Morgan fingerprint density at radius 2 is 2.21 bits per heavy atom. The molecular formula is C8H11ClN2O2S. The van der Waals surface area contributed by atoms with Gasteiger partial charge >= 0.3 is 0 Å². The highest BCUT2D eigenvalue weighted by atomic mass is 35.5. The molecule has 1 N–H and O–H groups in total. The number of nitrogens with one attached hydrogen (secondary N) is 1. The summed E-state index contributed by atoms with van der Waals surface area (Å²) in [7, 11) is -3.51. The Morgan fingerprint density at radius 1 is 1.57 bits per heavy atom. The first-order valence-electron chi connectivity index (χ1n) is 4.09. The van der Waals surface area contributed by atoms with Crippen molar-refractivity contribution in [1.29, 1.82) is 0 Å². The molecule has 6 heteroatoms. The molecule has 0 spiro atoms. The van der Waals surface area contributed by atoms with Gasteiger partial charge in [0, 0.05) is 12.7 Å². The topological polar surface area (TPSA) is 59.1 Å². The van der Waals surface area contributed by atoms with Gasteiger partial charge in [-0.1, -0.05) is 18.5 Å². The Labute approximate surface area is 88.4 Å². The van der Waals surface area contributed by atoms with Gasteiger partial charge in [-0.2, -0.15) is 0 Å². The van der Waals surface area contributed by atoms with Gasteiger partial charge in [0.25, 0.3) is 0 Å². The fourth-order valence-electron chi connectivity index (χ4n) is 0.982. The molecule has 0 aromatic carbocycles. The summed E-state index contributed by atoms with van der Waals surface area (Å²) in [5, 5.41) is -0.00319. The molecule has 1 aromatic heterocycles. The summed E-state index contributed by atoms with van der Waals surface area (Å²) in [4.78, 5) is 3.80. The molecule has 4 nitrogen and oxygen atoms in total. The van der Waals surface area contributed by atoms with E-state index in [0.29, 0.717) is 6.54 Å². The number of aryl methyl sites for hydroxylation is 1. The van der Waals surface area contributed by atoms with Gasteiger partial charge in [-0.3, -0.25) is 0 Å². The molecule has 0 aliphatic heterocycles. The van der Waals surface area contributed by atoms with Crippen LogP contribution in [0.25, 0.3) is 0 Å². The maximum absolute atomic E-state index is 11.6. The zero-order chi connectivity index (χ0) is 10.8. The van der Waals surface area contributed by atoms with E-state index in [9.17, 15) is 8.42 Å². The zero-order valence-electron chi connectivity index (χ0n) is 7.91. The fourth-order valence-corrected chi connectivity index (χ4v) is 2.54. The third kappa shape index (κ3) is 2.43. The summed E-state index contributed by atoms with van der Waals surface area (Å²) in [6, 6.07) is 1.49. The first kappa shape index (κ1) is 11.4.